The first-order valence-electron chi connectivity index (χ1n) is 6.62. The van der Waals surface area contributed by atoms with Gasteiger partial charge in [-0.3, -0.25) is 0 Å². The zero-order valence-electron chi connectivity index (χ0n) is 10.9. The molecule has 1 atom stereocenters. The van der Waals surface area contributed by atoms with Crippen molar-refractivity contribution in [2.75, 3.05) is 5.75 Å². The molecule has 1 aliphatic rings. The summed E-state index contributed by atoms with van der Waals surface area (Å²) < 4.78 is 51.1. The number of rotatable bonds is 4. The smallest absolute Gasteiger partial charge is 0.323 e. The molecule has 1 unspecified atom stereocenters. The molecular formula is C14H17F4NS. The number of hydrogen-bond acceptors (Lipinski definition) is 2. The monoisotopic (exact) mass is 307 g/mol. The molecule has 1 aliphatic carbocycles. The lowest BCUT2D eigenvalue weighted by Crippen LogP contribution is -2.17. The van der Waals surface area contributed by atoms with Crippen LogP contribution in [-0.2, 0) is 6.18 Å². The molecule has 0 radical (unpaired) electrons. The van der Waals surface area contributed by atoms with Gasteiger partial charge in [-0.1, -0.05) is 18.9 Å². The van der Waals surface area contributed by atoms with Crippen LogP contribution in [0.15, 0.2) is 18.2 Å². The minimum atomic E-state index is -4.68. The highest BCUT2D eigenvalue weighted by atomic mass is 32.2. The summed E-state index contributed by atoms with van der Waals surface area (Å²) in [7, 11) is 0. The predicted octanol–water partition coefficient (Wildman–Crippen LogP) is 4.52. The molecule has 0 bridgehead atoms. The van der Waals surface area contributed by atoms with E-state index in [-0.39, 0.29) is 0 Å². The number of halogens is 4. The van der Waals surface area contributed by atoms with E-state index in [0.717, 1.165) is 25.0 Å². The first-order chi connectivity index (χ1) is 9.38. The Bertz CT molecular complexity index is 455. The molecule has 20 heavy (non-hydrogen) atoms. The van der Waals surface area contributed by atoms with E-state index in [4.69, 9.17) is 5.73 Å². The number of nitrogens with two attached hydrogens (primary N) is 1. The van der Waals surface area contributed by atoms with Crippen molar-refractivity contribution in [3.05, 3.63) is 35.1 Å². The van der Waals surface area contributed by atoms with Crippen LogP contribution in [0.1, 0.15) is 42.9 Å². The largest absolute Gasteiger partial charge is 0.419 e. The Kier molecular flexibility index (Phi) is 4.96. The van der Waals surface area contributed by atoms with Crippen LogP contribution in [0.25, 0.3) is 0 Å². The minimum Gasteiger partial charge on any atom is -0.323 e. The zero-order chi connectivity index (χ0) is 14.8. The van der Waals surface area contributed by atoms with Crippen LogP contribution in [-0.4, -0.2) is 11.0 Å². The fourth-order valence-electron chi connectivity index (χ4n) is 2.38. The fraction of sp³-hybridized carbons (Fsp3) is 0.571. The maximum atomic E-state index is 13.2. The molecule has 112 valence electrons. The van der Waals surface area contributed by atoms with Gasteiger partial charge in [0, 0.05) is 17.0 Å². The molecule has 0 spiro atoms. The van der Waals surface area contributed by atoms with Crippen LogP contribution < -0.4 is 5.73 Å². The van der Waals surface area contributed by atoms with Crippen LogP contribution in [0.4, 0.5) is 17.6 Å². The summed E-state index contributed by atoms with van der Waals surface area (Å²) in [5.41, 5.74) is 5.02. The molecule has 1 nitrogen and oxygen atoms in total. The Morgan fingerprint density at radius 1 is 1.25 bits per heavy atom. The maximum absolute atomic E-state index is 13.2. The lowest BCUT2D eigenvalue weighted by Gasteiger charge is -2.17. The molecule has 0 aromatic heterocycles. The van der Waals surface area contributed by atoms with E-state index in [1.54, 1.807) is 11.8 Å². The molecule has 0 saturated heterocycles. The quantitative estimate of drug-likeness (QED) is 0.828. The topological polar surface area (TPSA) is 26.0 Å². The van der Waals surface area contributed by atoms with Gasteiger partial charge >= 0.3 is 6.18 Å². The second-order valence-corrected chi connectivity index (χ2v) is 6.42. The lowest BCUT2D eigenvalue weighted by molar-refractivity contribution is -0.140. The van der Waals surface area contributed by atoms with E-state index in [1.165, 1.54) is 18.9 Å². The minimum absolute atomic E-state index is 0.337. The third-order valence-corrected chi connectivity index (χ3v) is 5.03. The van der Waals surface area contributed by atoms with Gasteiger partial charge in [0.25, 0.3) is 0 Å². The highest BCUT2D eigenvalue weighted by molar-refractivity contribution is 7.99. The van der Waals surface area contributed by atoms with Gasteiger partial charge in [0.2, 0.25) is 0 Å². The molecule has 2 N–H and O–H groups in total. The van der Waals surface area contributed by atoms with Crippen molar-refractivity contribution in [2.24, 2.45) is 5.73 Å². The van der Waals surface area contributed by atoms with Crippen molar-refractivity contribution in [3.8, 4) is 0 Å². The van der Waals surface area contributed by atoms with Crippen LogP contribution in [0, 0.1) is 5.82 Å². The number of hydrogen-bond donors (Lipinski definition) is 1. The molecule has 0 heterocycles. The van der Waals surface area contributed by atoms with E-state index >= 15 is 0 Å². The molecule has 6 heteroatoms. The third-order valence-electron chi connectivity index (χ3n) is 3.54. The van der Waals surface area contributed by atoms with Gasteiger partial charge in [-0.05, 0) is 30.5 Å². The first kappa shape index (κ1) is 15.6. The molecule has 1 fully saturated rings. The molecule has 0 amide bonds. The average Bonchev–Trinajstić information content (AvgIpc) is 2.88. The van der Waals surface area contributed by atoms with Crippen LogP contribution in [0.3, 0.4) is 0 Å². The highest BCUT2D eigenvalue weighted by Gasteiger charge is 2.34. The van der Waals surface area contributed by atoms with Crippen LogP contribution in [0.5, 0.6) is 0 Å². The summed E-state index contributed by atoms with van der Waals surface area (Å²) in [5.74, 6) is -0.690. The fourth-order valence-corrected chi connectivity index (χ4v) is 3.72. The summed E-state index contributed by atoms with van der Waals surface area (Å²) in [5, 5.41) is 0.559. The number of benzene rings is 1. The van der Waals surface area contributed by atoms with E-state index in [2.05, 4.69) is 0 Å². The molecule has 1 aromatic rings. The van der Waals surface area contributed by atoms with Crippen molar-refractivity contribution in [2.45, 2.75) is 43.2 Å². The SMILES string of the molecule is NC(CSC1CCCC1)c1ccc(F)c(C(F)(F)F)c1. The summed E-state index contributed by atoms with van der Waals surface area (Å²) in [4.78, 5) is 0. The molecule has 1 saturated carbocycles. The van der Waals surface area contributed by atoms with Crippen molar-refractivity contribution in [3.63, 3.8) is 0 Å². The van der Waals surface area contributed by atoms with E-state index in [1.807, 2.05) is 0 Å². The Labute approximate surface area is 119 Å². The van der Waals surface area contributed by atoms with Crippen molar-refractivity contribution >= 4 is 11.8 Å². The van der Waals surface area contributed by atoms with Gasteiger partial charge in [0.05, 0.1) is 5.56 Å². The average molecular weight is 307 g/mol. The number of thioether (sulfide) groups is 1. The van der Waals surface area contributed by atoms with E-state index in [9.17, 15) is 17.6 Å². The molecule has 1 aromatic carbocycles. The summed E-state index contributed by atoms with van der Waals surface area (Å²) in [6, 6.07) is 2.51. The van der Waals surface area contributed by atoms with Crippen LogP contribution >= 0.6 is 11.8 Å². The van der Waals surface area contributed by atoms with Crippen molar-refractivity contribution < 1.29 is 17.6 Å². The number of alkyl halides is 3. The van der Waals surface area contributed by atoms with Gasteiger partial charge in [0.15, 0.2) is 0 Å². The predicted molar refractivity (Wildman–Crippen MR) is 73.0 cm³/mol. The highest BCUT2D eigenvalue weighted by Crippen LogP contribution is 2.34. The summed E-state index contributed by atoms with van der Waals surface area (Å²) in [6.45, 7) is 0. The van der Waals surface area contributed by atoms with E-state index < -0.39 is 23.6 Å². The first-order valence-corrected chi connectivity index (χ1v) is 7.66. The van der Waals surface area contributed by atoms with Gasteiger partial charge < -0.3 is 5.73 Å². The normalized spacial score (nSPS) is 18.4. The second kappa shape index (κ2) is 6.35. The maximum Gasteiger partial charge on any atom is 0.419 e. The lowest BCUT2D eigenvalue weighted by atomic mass is 10.0. The zero-order valence-corrected chi connectivity index (χ0v) is 11.7. The third kappa shape index (κ3) is 3.88. The van der Waals surface area contributed by atoms with Crippen molar-refractivity contribution in [1.29, 1.82) is 0 Å². The van der Waals surface area contributed by atoms with Crippen molar-refractivity contribution in [1.82, 2.24) is 0 Å². The van der Waals surface area contributed by atoms with Gasteiger partial charge in [-0.25, -0.2) is 4.39 Å². The Hall–Kier alpha value is -0.750. The molecule has 0 aliphatic heterocycles. The van der Waals surface area contributed by atoms with Crippen LogP contribution in [0.2, 0.25) is 0 Å². The Balaban J connectivity index is 2.03. The standard InChI is InChI=1S/C14H17F4NS/c15-12-6-5-9(7-11(12)14(16,17)18)13(19)8-20-10-3-1-2-4-10/h5-7,10,13H,1-4,8,19H2. The second-order valence-electron chi connectivity index (χ2n) is 5.08. The summed E-state index contributed by atoms with van der Waals surface area (Å²) >= 11 is 1.70. The molecular weight excluding hydrogens is 290 g/mol. The van der Waals surface area contributed by atoms with E-state index in [0.29, 0.717) is 16.6 Å². The Morgan fingerprint density at radius 3 is 2.50 bits per heavy atom. The molecule has 2 rings (SSSR count). The van der Waals surface area contributed by atoms with Gasteiger partial charge in [-0.2, -0.15) is 24.9 Å². The Morgan fingerprint density at radius 2 is 1.90 bits per heavy atom. The van der Waals surface area contributed by atoms with Gasteiger partial charge in [-0.15, -0.1) is 0 Å². The van der Waals surface area contributed by atoms with Gasteiger partial charge in [0.1, 0.15) is 5.82 Å². The summed E-state index contributed by atoms with van der Waals surface area (Å²) in [6.07, 6.45) is 0.0327.